The van der Waals surface area contributed by atoms with Gasteiger partial charge >= 0.3 is 4.87 Å². The van der Waals surface area contributed by atoms with Crippen LogP contribution < -0.4 is 10.2 Å². The molecule has 0 unspecified atom stereocenters. The number of rotatable bonds is 4. The third-order valence-corrected chi connectivity index (χ3v) is 3.54. The van der Waals surface area contributed by atoms with E-state index in [1.807, 2.05) is 43.3 Å². The van der Waals surface area contributed by atoms with Crippen molar-refractivity contribution in [2.45, 2.75) is 13.5 Å². The molecule has 2 N–H and O–H groups in total. The maximum Gasteiger partial charge on any atom is 0.305 e. The number of hydrogen-bond donors (Lipinski definition) is 2. The third-order valence-electron chi connectivity index (χ3n) is 2.68. The predicted octanol–water partition coefficient (Wildman–Crippen LogP) is 2.12. The average molecular weight is 291 g/mol. The molecule has 1 amide bonds. The first kappa shape index (κ1) is 14.5. The van der Waals surface area contributed by atoms with Crippen molar-refractivity contribution < 1.29 is 4.79 Å². The van der Waals surface area contributed by atoms with E-state index in [1.54, 1.807) is 0 Å². The lowest BCUT2D eigenvalue weighted by atomic mass is 10.1. The van der Waals surface area contributed by atoms with Crippen molar-refractivity contribution in [3.05, 3.63) is 38.8 Å². The number of benzene rings is 1. The molecule has 0 aliphatic carbocycles. The van der Waals surface area contributed by atoms with E-state index in [2.05, 4.69) is 10.3 Å². The summed E-state index contributed by atoms with van der Waals surface area (Å²) >= 11 is 1.23. The Hall–Kier alpha value is -1.92. The van der Waals surface area contributed by atoms with Crippen molar-refractivity contribution in [2.24, 2.45) is 0 Å². The van der Waals surface area contributed by atoms with Crippen LogP contribution in [0.15, 0.2) is 29.1 Å². The maximum absolute atomic E-state index is 11.6. The lowest BCUT2D eigenvalue weighted by Crippen LogP contribution is -2.10. The van der Waals surface area contributed by atoms with Gasteiger partial charge in [-0.15, -0.1) is 0 Å². The Bertz CT molecular complexity index is 656. The van der Waals surface area contributed by atoms with Crippen LogP contribution in [0.4, 0.5) is 5.69 Å². The second-order valence-electron chi connectivity index (χ2n) is 4.81. The standard InChI is InChI=1S/C14H17N3O2S/c1-9(18)15-11-6-4-10(5-7-11)13-12(8-17(2)3)20-14(19)16-13/h4-7H,8H2,1-3H3,(H,15,18)(H,16,19). The largest absolute Gasteiger partial charge is 0.326 e. The van der Waals surface area contributed by atoms with Gasteiger partial charge < -0.3 is 15.2 Å². The van der Waals surface area contributed by atoms with Gasteiger partial charge in [-0.05, 0) is 31.8 Å². The minimum atomic E-state index is -0.102. The average Bonchev–Trinajstić information content (AvgIpc) is 2.69. The number of nitrogens with zero attached hydrogens (tertiary/aromatic N) is 1. The number of aromatic nitrogens is 1. The van der Waals surface area contributed by atoms with Gasteiger partial charge in [0.1, 0.15) is 0 Å². The fourth-order valence-corrected chi connectivity index (χ4v) is 2.89. The van der Waals surface area contributed by atoms with Crippen LogP contribution in [0, 0.1) is 0 Å². The molecule has 0 saturated carbocycles. The Morgan fingerprint density at radius 3 is 2.50 bits per heavy atom. The summed E-state index contributed by atoms with van der Waals surface area (Å²) < 4.78 is 0. The summed E-state index contributed by atoms with van der Waals surface area (Å²) in [4.78, 5) is 28.4. The van der Waals surface area contributed by atoms with E-state index in [4.69, 9.17) is 0 Å². The molecule has 0 bridgehead atoms. The van der Waals surface area contributed by atoms with Crippen molar-refractivity contribution in [1.82, 2.24) is 9.88 Å². The monoisotopic (exact) mass is 291 g/mol. The number of H-pyrrole nitrogens is 1. The fraction of sp³-hybridized carbons (Fsp3) is 0.286. The highest BCUT2D eigenvalue weighted by Crippen LogP contribution is 2.25. The summed E-state index contributed by atoms with van der Waals surface area (Å²) in [6.45, 7) is 2.19. The Kier molecular flexibility index (Phi) is 4.36. The Labute approximate surface area is 121 Å². The summed E-state index contributed by atoms with van der Waals surface area (Å²) in [5, 5.41) is 2.72. The van der Waals surface area contributed by atoms with Crippen LogP contribution in [-0.2, 0) is 11.3 Å². The number of aromatic amines is 1. The van der Waals surface area contributed by atoms with Crippen LogP contribution in [0.3, 0.4) is 0 Å². The minimum Gasteiger partial charge on any atom is -0.326 e. The predicted molar refractivity (Wildman–Crippen MR) is 82.1 cm³/mol. The van der Waals surface area contributed by atoms with Gasteiger partial charge in [-0.1, -0.05) is 23.5 Å². The third kappa shape index (κ3) is 3.55. The van der Waals surface area contributed by atoms with Gasteiger partial charge in [0.05, 0.1) is 5.69 Å². The summed E-state index contributed by atoms with van der Waals surface area (Å²) in [6.07, 6.45) is 0. The van der Waals surface area contributed by atoms with Gasteiger partial charge in [-0.3, -0.25) is 9.59 Å². The van der Waals surface area contributed by atoms with E-state index >= 15 is 0 Å². The van der Waals surface area contributed by atoms with Crippen molar-refractivity contribution in [3.63, 3.8) is 0 Å². The van der Waals surface area contributed by atoms with Crippen LogP contribution in [0.25, 0.3) is 11.3 Å². The number of hydrogen-bond acceptors (Lipinski definition) is 4. The number of carbonyl (C=O) groups excluding carboxylic acids is 1. The van der Waals surface area contributed by atoms with Crippen molar-refractivity contribution in [3.8, 4) is 11.3 Å². The lowest BCUT2D eigenvalue weighted by Gasteiger charge is -2.10. The number of amides is 1. The molecule has 0 atom stereocenters. The van der Waals surface area contributed by atoms with Crippen LogP contribution in [0.2, 0.25) is 0 Å². The van der Waals surface area contributed by atoms with Gasteiger partial charge in [0, 0.05) is 24.0 Å². The Morgan fingerprint density at radius 1 is 1.30 bits per heavy atom. The molecule has 0 aliphatic heterocycles. The van der Waals surface area contributed by atoms with E-state index in [9.17, 15) is 9.59 Å². The normalized spacial score (nSPS) is 10.8. The van der Waals surface area contributed by atoms with Crippen molar-refractivity contribution in [1.29, 1.82) is 0 Å². The molecule has 5 nitrogen and oxygen atoms in total. The molecule has 1 heterocycles. The summed E-state index contributed by atoms with van der Waals surface area (Å²) in [7, 11) is 3.93. The molecule has 0 radical (unpaired) electrons. The van der Waals surface area contributed by atoms with Crippen LogP contribution in [0.5, 0.6) is 0 Å². The highest BCUT2D eigenvalue weighted by atomic mass is 32.1. The SMILES string of the molecule is CC(=O)Nc1ccc(-c2[nH]c(=O)sc2CN(C)C)cc1. The number of carbonyl (C=O) groups is 1. The first-order chi connectivity index (χ1) is 9.45. The molecule has 106 valence electrons. The zero-order chi connectivity index (χ0) is 14.7. The second-order valence-corrected chi connectivity index (χ2v) is 5.88. The molecule has 0 fully saturated rings. The van der Waals surface area contributed by atoms with Gasteiger partial charge in [0.15, 0.2) is 0 Å². The Balaban J connectivity index is 2.31. The first-order valence-corrected chi connectivity index (χ1v) is 7.02. The second kappa shape index (κ2) is 6.02. The Morgan fingerprint density at radius 2 is 1.95 bits per heavy atom. The highest BCUT2D eigenvalue weighted by Gasteiger charge is 2.11. The smallest absolute Gasteiger partial charge is 0.305 e. The molecule has 1 aromatic heterocycles. The van der Waals surface area contributed by atoms with Gasteiger partial charge in [-0.25, -0.2) is 0 Å². The molecule has 1 aromatic carbocycles. The van der Waals surface area contributed by atoms with E-state index in [-0.39, 0.29) is 10.8 Å². The zero-order valence-electron chi connectivity index (χ0n) is 11.7. The summed E-state index contributed by atoms with van der Waals surface area (Å²) in [6, 6.07) is 7.43. The maximum atomic E-state index is 11.6. The van der Waals surface area contributed by atoms with Crippen molar-refractivity contribution in [2.75, 3.05) is 19.4 Å². The minimum absolute atomic E-state index is 0.0530. The molecule has 0 spiro atoms. The molecule has 0 saturated heterocycles. The zero-order valence-corrected chi connectivity index (χ0v) is 12.5. The lowest BCUT2D eigenvalue weighted by molar-refractivity contribution is -0.114. The van der Waals surface area contributed by atoms with Crippen molar-refractivity contribution >= 4 is 22.9 Å². The molecule has 2 rings (SSSR count). The van der Waals surface area contributed by atoms with E-state index < -0.39 is 0 Å². The molecule has 0 aliphatic rings. The highest BCUT2D eigenvalue weighted by molar-refractivity contribution is 7.09. The number of thiazole rings is 1. The quantitative estimate of drug-likeness (QED) is 0.907. The summed E-state index contributed by atoms with van der Waals surface area (Å²) in [5.74, 6) is -0.102. The van der Waals surface area contributed by atoms with Gasteiger partial charge in [0.2, 0.25) is 5.91 Å². The summed E-state index contributed by atoms with van der Waals surface area (Å²) in [5.41, 5.74) is 2.53. The fourth-order valence-electron chi connectivity index (χ4n) is 1.92. The first-order valence-electron chi connectivity index (χ1n) is 6.20. The molecule has 20 heavy (non-hydrogen) atoms. The number of anilines is 1. The number of nitrogens with one attached hydrogen (secondary N) is 2. The van der Waals surface area contributed by atoms with E-state index in [0.717, 1.165) is 21.8 Å². The van der Waals surface area contributed by atoms with E-state index in [1.165, 1.54) is 18.3 Å². The topological polar surface area (TPSA) is 65.2 Å². The molecule has 2 aromatic rings. The molecular weight excluding hydrogens is 274 g/mol. The van der Waals surface area contributed by atoms with Crippen LogP contribution in [-0.4, -0.2) is 29.9 Å². The van der Waals surface area contributed by atoms with Gasteiger partial charge in [-0.2, -0.15) is 0 Å². The molecule has 6 heteroatoms. The van der Waals surface area contributed by atoms with Crippen LogP contribution >= 0.6 is 11.3 Å². The van der Waals surface area contributed by atoms with Gasteiger partial charge in [0.25, 0.3) is 0 Å². The van der Waals surface area contributed by atoms with Crippen LogP contribution in [0.1, 0.15) is 11.8 Å². The molecular formula is C14H17N3O2S. The van der Waals surface area contributed by atoms with E-state index in [0.29, 0.717) is 6.54 Å².